The van der Waals surface area contributed by atoms with Gasteiger partial charge in [0.1, 0.15) is 0 Å². The molecule has 4 rings (SSSR count). The highest BCUT2D eigenvalue weighted by Crippen LogP contribution is 2.47. The lowest BCUT2D eigenvalue weighted by molar-refractivity contribution is -0.195. The number of hydrogen-bond acceptors (Lipinski definition) is 7. The van der Waals surface area contributed by atoms with Crippen LogP contribution in [-0.4, -0.2) is 69.0 Å². The number of likely N-dealkylation sites (tertiary alicyclic amines) is 1. The number of β-amino-alcohol motifs (C(OH)–C–C–N with tert-alkyl or cyclic N) is 1. The van der Waals surface area contributed by atoms with Crippen molar-refractivity contribution in [3.63, 3.8) is 0 Å². The van der Waals surface area contributed by atoms with Crippen molar-refractivity contribution in [1.29, 1.82) is 0 Å². The van der Waals surface area contributed by atoms with Crippen molar-refractivity contribution in [2.45, 2.75) is 23.6 Å². The number of nitrogens with one attached hydrogen (secondary N) is 1. The van der Waals surface area contributed by atoms with Crippen LogP contribution >= 0.6 is 0 Å². The van der Waals surface area contributed by atoms with Crippen LogP contribution in [0, 0.1) is 0 Å². The molecule has 2 aliphatic rings. The van der Waals surface area contributed by atoms with E-state index in [1.54, 1.807) is 12.1 Å². The van der Waals surface area contributed by atoms with E-state index in [4.69, 9.17) is 4.52 Å². The third-order valence-electron chi connectivity index (χ3n) is 5.11. The standard InChI is InChI=1S/C16H16F3N5O3/c17-16(18,19)14(3-6-24(9-14)13(25)15(26)7-21-8-15)12-22-11(23-27-12)10-1-4-20-5-2-10/h1-2,4-5,21,26H,3,6-9H2. The van der Waals surface area contributed by atoms with Gasteiger partial charge in [-0.2, -0.15) is 18.2 Å². The molecule has 1 unspecified atom stereocenters. The van der Waals surface area contributed by atoms with E-state index >= 15 is 0 Å². The van der Waals surface area contributed by atoms with Crippen molar-refractivity contribution in [2.24, 2.45) is 0 Å². The minimum Gasteiger partial charge on any atom is -0.377 e. The van der Waals surface area contributed by atoms with E-state index in [9.17, 15) is 23.1 Å². The lowest BCUT2D eigenvalue weighted by Crippen LogP contribution is -2.67. The van der Waals surface area contributed by atoms with Gasteiger partial charge < -0.3 is 19.8 Å². The lowest BCUT2D eigenvalue weighted by atomic mass is 9.86. The number of hydrogen-bond donors (Lipinski definition) is 2. The molecule has 2 saturated heterocycles. The van der Waals surface area contributed by atoms with E-state index in [1.807, 2.05) is 0 Å². The predicted molar refractivity (Wildman–Crippen MR) is 84.3 cm³/mol. The van der Waals surface area contributed by atoms with E-state index in [0.29, 0.717) is 5.56 Å². The summed E-state index contributed by atoms with van der Waals surface area (Å²) in [5.74, 6) is -1.29. The number of halogens is 3. The van der Waals surface area contributed by atoms with Gasteiger partial charge in [0.25, 0.3) is 5.91 Å². The largest absolute Gasteiger partial charge is 0.405 e. The van der Waals surface area contributed by atoms with E-state index in [1.165, 1.54) is 12.4 Å². The van der Waals surface area contributed by atoms with Crippen molar-refractivity contribution in [3.05, 3.63) is 30.4 Å². The third-order valence-corrected chi connectivity index (χ3v) is 5.11. The summed E-state index contributed by atoms with van der Waals surface area (Å²) < 4.78 is 46.9. The summed E-state index contributed by atoms with van der Waals surface area (Å²) in [6.07, 6.45) is -2.18. The number of aliphatic hydroxyl groups is 1. The zero-order chi connectivity index (χ0) is 19.3. The van der Waals surface area contributed by atoms with Crippen LogP contribution < -0.4 is 5.32 Å². The Labute approximate surface area is 151 Å². The molecular formula is C16H16F3N5O3. The minimum absolute atomic E-state index is 0.0163. The van der Waals surface area contributed by atoms with Crippen LogP contribution in [0.5, 0.6) is 0 Å². The van der Waals surface area contributed by atoms with E-state index in [0.717, 1.165) is 4.90 Å². The summed E-state index contributed by atoms with van der Waals surface area (Å²) in [5, 5.41) is 16.5. The van der Waals surface area contributed by atoms with Gasteiger partial charge in [-0.25, -0.2) is 0 Å². The van der Waals surface area contributed by atoms with Crippen molar-refractivity contribution >= 4 is 5.91 Å². The van der Waals surface area contributed by atoms with E-state index in [2.05, 4.69) is 20.4 Å². The first-order valence-corrected chi connectivity index (χ1v) is 8.29. The molecule has 0 radical (unpaired) electrons. The maximum atomic E-state index is 14.0. The first-order chi connectivity index (χ1) is 12.8. The van der Waals surface area contributed by atoms with Crippen LogP contribution in [0.25, 0.3) is 11.4 Å². The molecule has 2 aromatic rings. The van der Waals surface area contributed by atoms with Crippen molar-refractivity contribution in [2.75, 3.05) is 26.2 Å². The Kier molecular flexibility index (Phi) is 3.96. The third kappa shape index (κ3) is 2.77. The average Bonchev–Trinajstić information content (AvgIpc) is 3.27. The zero-order valence-corrected chi connectivity index (χ0v) is 14.0. The molecule has 0 spiro atoms. The van der Waals surface area contributed by atoms with Crippen LogP contribution in [0.4, 0.5) is 13.2 Å². The zero-order valence-electron chi connectivity index (χ0n) is 14.0. The van der Waals surface area contributed by atoms with Gasteiger partial charge >= 0.3 is 6.18 Å². The molecule has 2 fully saturated rings. The number of amides is 1. The molecule has 4 heterocycles. The van der Waals surface area contributed by atoms with Crippen molar-refractivity contribution in [3.8, 4) is 11.4 Å². The molecule has 2 aromatic heterocycles. The quantitative estimate of drug-likeness (QED) is 0.795. The Bertz CT molecular complexity index is 852. The number of aromatic nitrogens is 3. The molecule has 2 aliphatic heterocycles. The van der Waals surface area contributed by atoms with Crippen LogP contribution in [0.3, 0.4) is 0 Å². The van der Waals surface area contributed by atoms with Gasteiger partial charge in [-0.15, -0.1) is 0 Å². The fourth-order valence-electron chi connectivity index (χ4n) is 3.35. The van der Waals surface area contributed by atoms with Crippen molar-refractivity contribution in [1.82, 2.24) is 25.3 Å². The van der Waals surface area contributed by atoms with Crippen LogP contribution in [0.2, 0.25) is 0 Å². The maximum Gasteiger partial charge on any atom is 0.405 e. The van der Waals surface area contributed by atoms with Gasteiger partial charge in [0.2, 0.25) is 11.7 Å². The molecule has 11 heteroatoms. The van der Waals surface area contributed by atoms with E-state index in [-0.39, 0.29) is 25.5 Å². The minimum atomic E-state index is -4.70. The fourth-order valence-corrected chi connectivity index (χ4v) is 3.35. The summed E-state index contributed by atoms with van der Waals surface area (Å²) in [7, 11) is 0. The molecule has 0 aromatic carbocycles. The first kappa shape index (κ1) is 17.9. The first-order valence-electron chi connectivity index (χ1n) is 8.29. The second kappa shape index (κ2) is 5.99. The highest BCUT2D eigenvalue weighted by atomic mass is 19.4. The number of carbonyl (C=O) groups excluding carboxylic acids is 1. The van der Waals surface area contributed by atoms with Gasteiger partial charge in [-0.1, -0.05) is 5.16 Å². The summed E-state index contributed by atoms with van der Waals surface area (Å²) in [5.41, 5.74) is -3.65. The number of carbonyl (C=O) groups is 1. The second-order valence-corrected chi connectivity index (χ2v) is 6.85. The molecule has 0 bridgehead atoms. The molecule has 27 heavy (non-hydrogen) atoms. The summed E-state index contributed by atoms with van der Waals surface area (Å²) in [6.45, 7) is -0.786. The molecule has 1 atom stereocenters. The van der Waals surface area contributed by atoms with Gasteiger partial charge in [0.05, 0.1) is 0 Å². The maximum absolute atomic E-state index is 14.0. The van der Waals surface area contributed by atoms with Gasteiger partial charge in [0, 0.05) is 44.1 Å². The molecule has 0 aliphatic carbocycles. The monoisotopic (exact) mass is 383 g/mol. The Hall–Kier alpha value is -2.53. The summed E-state index contributed by atoms with van der Waals surface area (Å²) in [4.78, 5) is 21.2. The second-order valence-electron chi connectivity index (χ2n) is 6.85. The summed E-state index contributed by atoms with van der Waals surface area (Å²) >= 11 is 0. The van der Waals surface area contributed by atoms with Gasteiger partial charge in [-0.3, -0.25) is 9.78 Å². The lowest BCUT2D eigenvalue weighted by Gasteiger charge is -2.39. The number of pyridine rings is 1. The van der Waals surface area contributed by atoms with Gasteiger partial charge in [-0.05, 0) is 18.6 Å². The van der Waals surface area contributed by atoms with Gasteiger partial charge in [0.15, 0.2) is 11.0 Å². The Morgan fingerprint density at radius 3 is 2.59 bits per heavy atom. The molecule has 2 N–H and O–H groups in total. The SMILES string of the molecule is O=C(N1CCC(c2nc(-c3ccncc3)no2)(C(F)(F)F)C1)C1(O)CNC1. The number of alkyl halides is 3. The Morgan fingerprint density at radius 2 is 2.00 bits per heavy atom. The normalized spacial score (nSPS) is 24.7. The highest BCUT2D eigenvalue weighted by Gasteiger charge is 2.64. The highest BCUT2D eigenvalue weighted by molar-refractivity contribution is 5.87. The Morgan fingerprint density at radius 1 is 1.30 bits per heavy atom. The Balaban J connectivity index is 1.65. The average molecular weight is 383 g/mol. The molecular weight excluding hydrogens is 367 g/mol. The number of rotatable bonds is 3. The van der Waals surface area contributed by atoms with Crippen molar-refractivity contribution < 1.29 is 27.6 Å². The van der Waals surface area contributed by atoms with Crippen LogP contribution in [0.1, 0.15) is 12.3 Å². The van der Waals surface area contributed by atoms with Crippen LogP contribution in [-0.2, 0) is 10.2 Å². The molecule has 1 amide bonds. The van der Waals surface area contributed by atoms with Crippen LogP contribution in [0.15, 0.2) is 29.0 Å². The molecule has 8 nitrogen and oxygen atoms in total. The van der Waals surface area contributed by atoms with E-state index < -0.39 is 42.0 Å². The topological polar surface area (TPSA) is 104 Å². The number of nitrogens with zero attached hydrogens (tertiary/aromatic N) is 4. The predicted octanol–water partition coefficient (Wildman–Crippen LogP) is 0.498. The smallest absolute Gasteiger partial charge is 0.377 e. The fraction of sp³-hybridized carbons (Fsp3) is 0.500. The molecule has 0 saturated carbocycles. The summed E-state index contributed by atoms with van der Waals surface area (Å²) in [6, 6.07) is 3.11. The molecule has 144 valence electrons.